The molecule has 0 fully saturated rings. The topological polar surface area (TPSA) is 76.6 Å². The van der Waals surface area contributed by atoms with Crippen molar-refractivity contribution in [1.29, 1.82) is 0 Å². The molecule has 0 saturated carbocycles. The molecule has 0 radical (unpaired) electrons. The lowest BCUT2D eigenvalue weighted by molar-refractivity contribution is 0.102. The lowest BCUT2D eigenvalue weighted by Crippen LogP contribution is -2.30. The number of nitrogens with one attached hydrogen (secondary N) is 3. The van der Waals surface area contributed by atoms with Gasteiger partial charge in [-0.1, -0.05) is 94.8 Å². The number of nitrogens with zero attached hydrogens (tertiary/aromatic N) is 1. The van der Waals surface area contributed by atoms with E-state index < -0.39 is 0 Å². The number of carbonyl (C=O) groups is 1. The zero-order valence-electron chi connectivity index (χ0n) is 31.8. The molecular weight excluding hydrogens is 680 g/mol. The maximum Gasteiger partial charge on any atom is 0.256 e. The number of anilines is 2. The van der Waals surface area contributed by atoms with Gasteiger partial charge in [0.05, 0.1) is 5.69 Å². The lowest BCUT2D eigenvalue weighted by atomic mass is 9.99. The van der Waals surface area contributed by atoms with Crippen molar-refractivity contribution in [2.45, 2.75) is 66.2 Å². The standard InChI is InChI=1S/C31H34N2O2S.C14H23FN2/c1-4-5-7-12-22(2)28(19-20-36)32-23(3)25-17-18-29(30(34)21-25)33-31(35)27-16-11-10-15-26(27)24-13-8-6-9-14-24;1-3-10-17(11-4-2)12-9-16-14-7-5-13(15)6-8-14/h6,8-11,13-21,32,34,36H,3-5,7,12H2,1-2H3,(H,33,35);5-8,16H,3-4,9-12H2,1-2H3/b20-19-,28-22-;. The van der Waals surface area contributed by atoms with E-state index in [0.29, 0.717) is 16.9 Å². The molecule has 0 heterocycles. The number of allylic oxidation sites excluding steroid dienone is 2. The summed E-state index contributed by atoms with van der Waals surface area (Å²) in [6.45, 7) is 17.1. The lowest BCUT2D eigenvalue weighted by Gasteiger charge is -2.21. The quantitative estimate of drug-likeness (QED) is 0.0287. The molecule has 4 N–H and O–H groups in total. The van der Waals surface area contributed by atoms with Crippen LogP contribution >= 0.6 is 12.6 Å². The summed E-state index contributed by atoms with van der Waals surface area (Å²) in [5.74, 6) is -0.508. The smallest absolute Gasteiger partial charge is 0.256 e. The number of unbranched alkanes of at least 4 members (excludes halogenated alkanes) is 2. The number of hydrogen-bond donors (Lipinski definition) is 5. The highest BCUT2D eigenvalue weighted by molar-refractivity contribution is 7.83. The van der Waals surface area contributed by atoms with Crippen LogP contribution in [0, 0.1) is 5.82 Å². The summed E-state index contributed by atoms with van der Waals surface area (Å²) < 4.78 is 12.7. The number of rotatable bonds is 19. The van der Waals surface area contributed by atoms with E-state index in [-0.39, 0.29) is 17.5 Å². The van der Waals surface area contributed by atoms with Crippen LogP contribution in [0.1, 0.15) is 82.1 Å². The fourth-order valence-corrected chi connectivity index (χ4v) is 5.98. The van der Waals surface area contributed by atoms with Gasteiger partial charge in [0.1, 0.15) is 11.6 Å². The fraction of sp³-hybridized carbons (Fsp3) is 0.311. The molecule has 282 valence electrons. The average Bonchev–Trinajstić information content (AvgIpc) is 3.17. The fourth-order valence-electron chi connectivity index (χ4n) is 5.83. The van der Waals surface area contributed by atoms with E-state index >= 15 is 0 Å². The van der Waals surface area contributed by atoms with Gasteiger partial charge < -0.3 is 26.0 Å². The van der Waals surface area contributed by atoms with Crippen molar-refractivity contribution in [2.75, 3.05) is 36.8 Å². The minimum atomic E-state index is -0.290. The van der Waals surface area contributed by atoms with Crippen LogP contribution in [0.5, 0.6) is 5.75 Å². The van der Waals surface area contributed by atoms with E-state index in [9.17, 15) is 14.3 Å². The molecule has 1 amide bonds. The molecule has 6 nitrogen and oxygen atoms in total. The van der Waals surface area contributed by atoms with Crippen LogP contribution in [-0.4, -0.2) is 42.1 Å². The highest BCUT2D eigenvalue weighted by Crippen LogP contribution is 2.30. The second kappa shape index (κ2) is 23.7. The molecule has 4 aromatic carbocycles. The summed E-state index contributed by atoms with van der Waals surface area (Å²) in [4.78, 5) is 15.6. The normalized spacial score (nSPS) is 11.5. The Morgan fingerprint density at radius 3 is 2.19 bits per heavy atom. The maximum absolute atomic E-state index is 13.1. The highest BCUT2D eigenvalue weighted by Gasteiger charge is 2.15. The summed E-state index contributed by atoms with van der Waals surface area (Å²) in [5, 5.41) is 21.9. The number of hydrogen-bond acceptors (Lipinski definition) is 6. The number of phenolic OH excluding ortho intramolecular Hbond substituents is 1. The summed E-state index contributed by atoms with van der Waals surface area (Å²) in [6, 6.07) is 28.8. The molecule has 4 rings (SSSR count). The van der Waals surface area contributed by atoms with Crippen molar-refractivity contribution < 1.29 is 14.3 Å². The minimum Gasteiger partial charge on any atom is -0.506 e. The zero-order chi connectivity index (χ0) is 38.4. The molecule has 53 heavy (non-hydrogen) atoms. The monoisotopic (exact) mass is 736 g/mol. The van der Waals surface area contributed by atoms with Crippen LogP contribution in [-0.2, 0) is 0 Å². The predicted octanol–water partition coefficient (Wildman–Crippen LogP) is 11.5. The first-order valence-corrected chi connectivity index (χ1v) is 19.2. The maximum atomic E-state index is 13.1. The first-order valence-electron chi connectivity index (χ1n) is 18.7. The first-order chi connectivity index (χ1) is 25.7. The van der Waals surface area contributed by atoms with Crippen molar-refractivity contribution in [1.82, 2.24) is 10.2 Å². The van der Waals surface area contributed by atoms with E-state index in [1.807, 2.05) is 60.7 Å². The summed E-state index contributed by atoms with van der Waals surface area (Å²) in [6.07, 6.45) is 8.77. The second-order valence-corrected chi connectivity index (χ2v) is 13.2. The van der Waals surface area contributed by atoms with Crippen LogP contribution in [0.4, 0.5) is 15.8 Å². The van der Waals surface area contributed by atoms with Gasteiger partial charge in [-0.3, -0.25) is 4.79 Å². The van der Waals surface area contributed by atoms with E-state index in [4.69, 9.17) is 0 Å². The van der Waals surface area contributed by atoms with E-state index in [1.165, 1.54) is 43.4 Å². The van der Waals surface area contributed by atoms with Crippen LogP contribution < -0.4 is 16.0 Å². The number of phenols is 1. The molecule has 0 spiro atoms. The number of benzene rings is 4. The van der Waals surface area contributed by atoms with Crippen LogP contribution in [0.3, 0.4) is 0 Å². The Balaban J connectivity index is 0.000000372. The summed E-state index contributed by atoms with van der Waals surface area (Å²) in [5.41, 5.74) is 7.17. The molecule has 0 atom stereocenters. The number of amides is 1. The molecule has 0 aromatic heterocycles. The molecule has 0 aliphatic carbocycles. The molecule has 8 heteroatoms. The van der Waals surface area contributed by atoms with E-state index in [2.05, 4.69) is 67.8 Å². The van der Waals surface area contributed by atoms with Gasteiger partial charge in [-0.25, -0.2) is 4.39 Å². The SMILES string of the molecule is C=C(NC(/C=C\S)=C(/C)CCCCC)c1ccc(NC(=O)c2ccccc2-c2ccccc2)c(O)c1.CCCN(CCC)CCNc1ccc(F)cc1. The number of thiol groups is 1. The van der Waals surface area contributed by atoms with E-state index in [0.717, 1.165) is 67.1 Å². The second-order valence-electron chi connectivity index (χ2n) is 12.9. The predicted molar refractivity (Wildman–Crippen MR) is 227 cm³/mol. The molecule has 0 aliphatic heterocycles. The van der Waals surface area contributed by atoms with Crippen LogP contribution in [0.2, 0.25) is 0 Å². The number of aromatic hydroxyl groups is 1. The van der Waals surface area contributed by atoms with Crippen LogP contribution in [0.25, 0.3) is 16.8 Å². The Morgan fingerprint density at radius 2 is 1.55 bits per heavy atom. The van der Waals surface area contributed by atoms with Crippen LogP contribution in [0.15, 0.2) is 126 Å². The third-order valence-corrected chi connectivity index (χ3v) is 8.82. The Bertz CT molecular complexity index is 1770. The Hall–Kier alpha value is -4.79. The highest BCUT2D eigenvalue weighted by atomic mass is 32.1. The van der Waals surface area contributed by atoms with Gasteiger partial charge in [0.25, 0.3) is 5.91 Å². The van der Waals surface area contributed by atoms with Gasteiger partial charge >= 0.3 is 0 Å². The Kier molecular flexibility index (Phi) is 19.1. The zero-order valence-corrected chi connectivity index (χ0v) is 32.7. The molecule has 0 aliphatic rings. The van der Waals surface area contributed by atoms with Crippen molar-refractivity contribution >= 4 is 35.6 Å². The largest absolute Gasteiger partial charge is 0.506 e. The average molecular weight is 737 g/mol. The van der Waals surface area contributed by atoms with Gasteiger partial charge in [-0.15, -0.1) is 0 Å². The minimum absolute atomic E-state index is 0.0315. The molecule has 0 bridgehead atoms. The number of halogens is 1. The molecule has 4 aromatic rings. The number of carbonyl (C=O) groups excluding carboxylic acids is 1. The van der Waals surface area contributed by atoms with Crippen molar-refractivity contribution in [3.63, 3.8) is 0 Å². The Morgan fingerprint density at radius 1 is 0.868 bits per heavy atom. The third kappa shape index (κ3) is 14.6. The molecular formula is C45H57FN4O2S. The molecule has 0 saturated heterocycles. The summed E-state index contributed by atoms with van der Waals surface area (Å²) >= 11 is 4.23. The first kappa shape index (κ1) is 42.6. The van der Waals surface area contributed by atoms with Crippen molar-refractivity contribution in [3.8, 4) is 16.9 Å². The van der Waals surface area contributed by atoms with Crippen molar-refractivity contribution in [3.05, 3.63) is 143 Å². The molecule has 0 unspecified atom stereocenters. The van der Waals surface area contributed by atoms with E-state index in [1.54, 1.807) is 35.7 Å². The summed E-state index contributed by atoms with van der Waals surface area (Å²) in [7, 11) is 0. The Labute approximate surface area is 322 Å². The van der Waals surface area contributed by atoms with Gasteiger partial charge in [0, 0.05) is 41.3 Å². The van der Waals surface area contributed by atoms with Gasteiger partial charge in [0.15, 0.2) is 0 Å². The van der Waals surface area contributed by atoms with Gasteiger partial charge in [-0.2, -0.15) is 12.6 Å². The van der Waals surface area contributed by atoms with Crippen molar-refractivity contribution in [2.24, 2.45) is 0 Å². The van der Waals surface area contributed by atoms with Gasteiger partial charge in [0.2, 0.25) is 0 Å². The van der Waals surface area contributed by atoms with Gasteiger partial charge in [-0.05, 0) is 116 Å². The third-order valence-electron chi connectivity index (χ3n) is 8.67.